The fraction of sp³-hybridized carbons (Fsp3) is 0.467. The zero-order valence-corrected chi connectivity index (χ0v) is 11.2. The number of hydrogen-bond donors (Lipinski definition) is 1. The zero-order chi connectivity index (χ0) is 13.2. The van der Waals surface area contributed by atoms with Gasteiger partial charge in [0.15, 0.2) is 0 Å². The summed E-state index contributed by atoms with van der Waals surface area (Å²) >= 11 is 0. The molecule has 3 heteroatoms. The van der Waals surface area contributed by atoms with Crippen LogP contribution in [-0.2, 0) is 4.74 Å². The number of nitrogens with two attached hydrogens (primary N) is 1. The molecule has 2 N–H and O–H groups in total. The summed E-state index contributed by atoms with van der Waals surface area (Å²) in [6, 6.07) is 5.92. The summed E-state index contributed by atoms with van der Waals surface area (Å²) in [6.07, 6.45) is 0.905. The average Bonchev–Trinajstić information content (AvgIpc) is 2.38. The molecule has 0 aliphatic heterocycles. The topological polar surface area (TPSA) is 44.5 Å². The molecule has 98 valence electrons. The van der Waals surface area contributed by atoms with E-state index in [2.05, 4.69) is 11.8 Å². The van der Waals surface area contributed by atoms with Gasteiger partial charge in [-0.2, -0.15) is 0 Å². The molecule has 0 aromatic heterocycles. The van der Waals surface area contributed by atoms with Gasteiger partial charge in [-0.25, -0.2) is 0 Å². The number of rotatable bonds is 6. The van der Waals surface area contributed by atoms with Crippen LogP contribution in [0.15, 0.2) is 18.2 Å². The summed E-state index contributed by atoms with van der Waals surface area (Å²) in [5.74, 6) is 6.75. The third-order valence-corrected chi connectivity index (χ3v) is 2.40. The highest BCUT2D eigenvalue weighted by atomic mass is 16.5. The first-order chi connectivity index (χ1) is 8.77. The number of ether oxygens (including phenoxy) is 2. The lowest BCUT2D eigenvalue weighted by Gasteiger charge is -2.09. The van der Waals surface area contributed by atoms with Crippen molar-refractivity contribution in [2.45, 2.75) is 20.3 Å². The van der Waals surface area contributed by atoms with Gasteiger partial charge in [0.05, 0.1) is 13.2 Å². The fourth-order valence-corrected chi connectivity index (χ4v) is 1.53. The minimum atomic E-state index is 0.384. The Morgan fingerprint density at radius 2 is 2.11 bits per heavy atom. The first-order valence-electron chi connectivity index (χ1n) is 6.28. The van der Waals surface area contributed by atoms with Crippen LogP contribution in [0.25, 0.3) is 0 Å². The summed E-state index contributed by atoms with van der Waals surface area (Å²) in [6.45, 7) is 6.57. The summed E-state index contributed by atoms with van der Waals surface area (Å²) < 4.78 is 10.9. The van der Waals surface area contributed by atoms with Gasteiger partial charge in [-0.3, -0.25) is 0 Å². The Kier molecular flexibility index (Phi) is 6.93. The SMILES string of the molecule is CCOCCCOc1ccc(C#CCN)cc1C. The molecule has 3 nitrogen and oxygen atoms in total. The third-order valence-electron chi connectivity index (χ3n) is 2.40. The van der Waals surface area contributed by atoms with Crippen LogP contribution in [0.4, 0.5) is 0 Å². The minimum Gasteiger partial charge on any atom is -0.493 e. The molecule has 0 fully saturated rings. The lowest BCUT2D eigenvalue weighted by Crippen LogP contribution is -2.03. The number of benzene rings is 1. The van der Waals surface area contributed by atoms with Crippen molar-refractivity contribution in [1.29, 1.82) is 0 Å². The Morgan fingerprint density at radius 1 is 1.28 bits per heavy atom. The lowest BCUT2D eigenvalue weighted by atomic mass is 10.1. The highest BCUT2D eigenvalue weighted by molar-refractivity contribution is 5.43. The lowest BCUT2D eigenvalue weighted by molar-refractivity contribution is 0.130. The van der Waals surface area contributed by atoms with Crippen molar-refractivity contribution in [3.8, 4) is 17.6 Å². The van der Waals surface area contributed by atoms with Crippen molar-refractivity contribution in [3.63, 3.8) is 0 Å². The van der Waals surface area contributed by atoms with Gasteiger partial charge in [0, 0.05) is 25.2 Å². The zero-order valence-electron chi connectivity index (χ0n) is 11.2. The van der Waals surface area contributed by atoms with E-state index in [0.29, 0.717) is 13.2 Å². The van der Waals surface area contributed by atoms with Gasteiger partial charge in [-0.1, -0.05) is 11.8 Å². The summed E-state index contributed by atoms with van der Waals surface area (Å²) in [7, 11) is 0. The van der Waals surface area contributed by atoms with Crippen molar-refractivity contribution in [3.05, 3.63) is 29.3 Å². The first-order valence-corrected chi connectivity index (χ1v) is 6.28. The molecule has 1 aromatic rings. The van der Waals surface area contributed by atoms with Gasteiger partial charge in [0.25, 0.3) is 0 Å². The fourth-order valence-electron chi connectivity index (χ4n) is 1.53. The van der Waals surface area contributed by atoms with Gasteiger partial charge in [0.1, 0.15) is 5.75 Å². The minimum absolute atomic E-state index is 0.384. The molecule has 0 radical (unpaired) electrons. The predicted molar refractivity (Wildman–Crippen MR) is 73.7 cm³/mol. The highest BCUT2D eigenvalue weighted by Gasteiger charge is 2.00. The van der Waals surface area contributed by atoms with Gasteiger partial charge in [-0.05, 0) is 37.6 Å². The molecule has 0 heterocycles. The Labute approximate surface area is 109 Å². The molecule has 0 bridgehead atoms. The highest BCUT2D eigenvalue weighted by Crippen LogP contribution is 2.18. The number of aryl methyl sites for hydroxylation is 1. The molecule has 0 saturated heterocycles. The van der Waals surface area contributed by atoms with Crippen molar-refractivity contribution in [2.75, 3.05) is 26.4 Å². The largest absolute Gasteiger partial charge is 0.493 e. The van der Waals surface area contributed by atoms with E-state index in [9.17, 15) is 0 Å². The Hall–Kier alpha value is -1.50. The molecule has 0 spiro atoms. The van der Waals surface area contributed by atoms with E-state index >= 15 is 0 Å². The molecule has 18 heavy (non-hydrogen) atoms. The molecule has 0 saturated carbocycles. The van der Waals surface area contributed by atoms with Gasteiger partial charge in [-0.15, -0.1) is 0 Å². The molecule has 0 amide bonds. The predicted octanol–water partition coefficient (Wildman–Crippen LogP) is 2.11. The van der Waals surface area contributed by atoms with Crippen LogP contribution in [-0.4, -0.2) is 26.4 Å². The third kappa shape index (κ3) is 5.22. The van der Waals surface area contributed by atoms with E-state index in [0.717, 1.165) is 36.5 Å². The molecule has 0 unspecified atom stereocenters. The smallest absolute Gasteiger partial charge is 0.122 e. The second-order valence-corrected chi connectivity index (χ2v) is 3.89. The quantitative estimate of drug-likeness (QED) is 0.618. The standard InChI is InChI=1S/C15H21NO2/c1-3-17-10-5-11-18-15-8-7-14(6-4-9-16)12-13(15)2/h7-8,12H,3,5,9-11,16H2,1-2H3. The van der Waals surface area contributed by atoms with Crippen molar-refractivity contribution in [1.82, 2.24) is 0 Å². The molecule has 0 aliphatic carbocycles. The van der Waals surface area contributed by atoms with E-state index < -0.39 is 0 Å². The van der Waals surface area contributed by atoms with Gasteiger partial charge in [0.2, 0.25) is 0 Å². The van der Waals surface area contributed by atoms with Gasteiger partial charge >= 0.3 is 0 Å². The molecular formula is C15H21NO2. The number of hydrogen-bond acceptors (Lipinski definition) is 3. The van der Waals surface area contributed by atoms with Gasteiger partial charge < -0.3 is 15.2 Å². The second-order valence-electron chi connectivity index (χ2n) is 3.89. The monoisotopic (exact) mass is 247 g/mol. The second kappa shape index (κ2) is 8.57. The maximum absolute atomic E-state index is 5.69. The Morgan fingerprint density at radius 3 is 2.78 bits per heavy atom. The van der Waals surface area contributed by atoms with Crippen LogP contribution in [0.5, 0.6) is 5.75 Å². The first kappa shape index (κ1) is 14.6. The van der Waals surface area contributed by atoms with Crippen LogP contribution in [0.2, 0.25) is 0 Å². The summed E-state index contributed by atoms with van der Waals surface area (Å²) in [5.41, 5.74) is 7.40. The molecule has 0 atom stereocenters. The van der Waals surface area contributed by atoms with E-state index in [-0.39, 0.29) is 0 Å². The maximum Gasteiger partial charge on any atom is 0.122 e. The summed E-state index contributed by atoms with van der Waals surface area (Å²) in [5, 5.41) is 0. The average molecular weight is 247 g/mol. The molecule has 0 aliphatic rings. The summed E-state index contributed by atoms with van der Waals surface area (Å²) in [4.78, 5) is 0. The van der Waals surface area contributed by atoms with Crippen LogP contribution in [0.1, 0.15) is 24.5 Å². The van der Waals surface area contributed by atoms with E-state index in [1.54, 1.807) is 0 Å². The van der Waals surface area contributed by atoms with E-state index in [1.165, 1.54) is 0 Å². The van der Waals surface area contributed by atoms with Crippen LogP contribution in [0, 0.1) is 18.8 Å². The molecular weight excluding hydrogens is 226 g/mol. The van der Waals surface area contributed by atoms with E-state index in [1.807, 2.05) is 32.0 Å². The van der Waals surface area contributed by atoms with Crippen molar-refractivity contribution >= 4 is 0 Å². The molecule has 1 aromatic carbocycles. The van der Waals surface area contributed by atoms with Crippen molar-refractivity contribution in [2.24, 2.45) is 5.73 Å². The van der Waals surface area contributed by atoms with Crippen LogP contribution in [0.3, 0.4) is 0 Å². The van der Waals surface area contributed by atoms with E-state index in [4.69, 9.17) is 15.2 Å². The van der Waals surface area contributed by atoms with Crippen LogP contribution >= 0.6 is 0 Å². The van der Waals surface area contributed by atoms with Crippen molar-refractivity contribution < 1.29 is 9.47 Å². The maximum atomic E-state index is 5.69. The Balaban J connectivity index is 2.47. The Bertz CT molecular complexity index is 418. The molecule has 1 rings (SSSR count). The van der Waals surface area contributed by atoms with Crippen LogP contribution < -0.4 is 10.5 Å². The normalized spacial score (nSPS) is 9.72.